The van der Waals surface area contributed by atoms with Gasteiger partial charge in [0.25, 0.3) is 0 Å². The van der Waals surface area contributed by atoms with E-state index in [0.717, 1.165) is 22.6 Å². The third-order valence-corrected chi connectivity index (χ3v) is 4.91. The number of hydrogen-bond acceptors (Lipinski definition) is 2. The lowest BCUT2D eigenvalue weighted by Crippen LogP contribution is -2.28. The van der Waals surface area contributed by atoms with Crippen LogP contribution in [-0.2, 0) is 0 Å². The second kappa shape index (κ2) is 6.63. The molecule has 1 N–H and O–H groups in total. The van der Waals surface area contributed by atoms with Crippen molar-refractivity contribution in [2.45, 2.75) is 46.0 Å². The van der Waals surface area contributed by atoms with Crippen molar-refractivity contribution in [1.82, 2.24) is 0 Å². The van der Waals surface area contributed by atoms with Crippen LogP contribution in [0.25, 0.3) is 0 Å². The normalized spacial score (nSPS) is 17.1. The van der Waals surface area contributed by atoms with Crippen molar-refractivity contribution in [2.75, 3.05) is 11.9 Å². The van der Waals surface area contributed by atoms with Crippen molar-refractivity contribution >= 4 is 21.6 Å². The summed E-state index contributed by atoms with van der Waals surface area (Å²) in [7, 11) is 0. The number of nitrogens with zero attached hydrogens (tertiary/aromatic N) is 1. The summed E-state index contributed by atoms with van der Waals surface area (Å²) in [5.41, 5.74) is 2.25. The van der Waals surface area contributed by atoms with Gasteiger partial charge in [-0.3, -0.25) is 0 Å². The first-order valence-corrected chi connectivity index (χ1v) is 8.27. The van der Waals surface area contributed by atoms with Gasteiger partial charge in [-0.1, -0.05) is 26.7 Å². The van der Waals surface area contributed by atoms with E-state index in [-0.39, 0.29) is 0 Å². The molecule has 0 unspecified atom stereocenters. The van der Waals surface area contributed by atoms with E-state index < -0.39 is 0 Å². The maximum Gasteiger partial charge on any atom is 0.0992 e. The molecule has 0 radical (unpaired) electrons. The first kappa shape index (κ1) is 15.4. The summed E-state index contributed by atoms with van der Waals surface area (Å²) in [6.07, 6.45) is 6.71. The topological polar surface area (TPSA) is 35.8 Å². The summed E-state index contributed by atoms with van der Waals surface area (Å²) in [4.78, 5) is 0. The predicted molar refractivity (Wildman–Crippen MR) is 87.7 cm³/mol. The summed E-state index contributed by atoms with van der Waals surface area (Å²) in [5.74, 6) is 0.749. The van der Waals surface area contributed by atoms with Gasteiger partial charge in [0.15, 0.2) is 0 Å². The van der Waals surface area contributed by atoms with Crippen molar-refractivity contribution in [3.8, 4) is 6.07 Å². The molecule has 0 bridgehead atoms. The zero-order valence-corrected chi connectivity index (χ0v) is 14.0. The number of anilines is 1. The lowest BCUT2D eigenvalue weighted by Gasteiger charge is -2.31. The van der Waals surface area contributed by atoms with Crippen LogP contribution in [0, 0.1) is 22.7 Å². The second-order valence-corrected chi connectivity index (χ2v) is 7.32. The molecule has 3 heteroatoms. The number of halogens is 1. The molecule has 108 valence electrons. The van der Waals surface area contributed by atoms with E-state index in [1.807, 2.05) is 18.2 Å². The van der Waals surface area contributed by atoms with Gasteiger partial charge < -0.3 is 5.32 Å². The van der Waals surface area contributed by atoms with Crippen LogP contribution in [0.3, 0.4) is 0 Å². The van der Waals surface area contributed by atoms with Gasteiger partial charge in [-0.05, 0) is 64.7 Å². The Morgan fingerprint density at radius 2 is 2.05 bits per heavy atom. The molecule has 0 heterocycles. The second-order valence-electron chi connectivity index (χ2n) is 6.47. The molecule has 1 aromatic rings. The third kappa shape index (κ3) is 3.76. The van der Waals surface area contributed by atoms with E-state index in [0.29, 0.717) is 11.0 Å². The van der Waals surface area contributed by atoms with Gasteiger partial charge in [-0.15, -0.1) is 0 Å². The van der Waals surface area contributed by atoms with Crippen molar-refractivity contribution in [3.05, 3.63) is 28.2 Å². The Morgan fingerprint density at radius 1 is 1.35 bits per heavy atom. The molecule has 0 spiro atoms. The van der Waals surface area contributed by atoms with Crippen LogP contribution in [0.2, 0.25) is 0 Å². The number of hydrogen-bond donors (Lipinski definition) is 1. The lowest BCUT2D eigenvalue weighted by molar-refractivity contribution is 0.252. The first-order chi connectivity index (χ1) is 9.54. The Hall–Kier alpha value is -1.01. The van der Waals surface area contributed by atoms with E-state index in [1.54, 1.807) is 0 Å². The molecule has 0 aliphatic heterocycles. The largest absolute Gasteiger partial charge is 0.384 e. The van der Waals surface area contributed by atoms with Crippen LogP contribution in [0.15, 0.2) is 22.7 Å². The minimum absolute atomic E-state index is 0.460. The fourth-order valence-electron chi connectivity index (χ4n) is 3.45. The molecule has 1 fully saturated rings. The minimum atomic E-state index is 0.460. The maximum absolute atomic E-state index is 8.90. The Balaban J connectivity index is 2.04. The highest BCUT2D eigenvalue weighted by Gasteiger charge is 2.34. The quantitative estimate of drug-likeness (QED) is 0.788. The van der Waals surface area contributed by atoms with E-state index in [9.17, 15) is 0 Å². The fourth-order valence-corrected chi connectivity index (χ4v) is 3.97. The van der Waals surface area contributed by atoms with Crippen LogP contribution >= 0.6 is 15.9 Å². The van der Waals surface area contributed by atoms with Gasteiger partial charge in [0.1, 0.15) is 0 Å². The molecule has 1 aliphatic rings. The smallest absolute Gasteiger partial charge is 0.0992 e. The lowest BCUT2D eigenvalue weighted by atomic mass is 9.78. The average Bonchev–Trinajstić information content (AvgIpc) is 2.85. The van der Waals surface area contributed by atoms with Crippen molar-refractivity contribution in [3.63, 3.8) is 0 Å². The molecular formula is C17H23BrN2. The molecule has 0 saturated heterocycles. The summed E-state index contributed by atoms with van der Waals surface area (Å²) >= 11 is 3.55. The summed E-state index contributed by atoms with van der Waals surface area (Å²) in [6.45, 7) is 5.67. The van der Waals surface area contributed by atoms with Crippen molar-refractivity contribution < 1.29 is 0 Å². The molecule has 2 rings (SSSR count). The Kier molecular flexibility index (Phi) is 5.10. The highest BCUT2D eigenvalue weighted by molar-refractivity contribution is 9.10. The van der Waals surface area contributed by atoms with Gasteiger partial charge in [0, 0.05) is 16.7 Å². The molecule has 2 nitrogen and oxygen atoms in total. The molecule has 0 amide bonds. The average molecular weight is 335 g/mol. The summed E-state index contributed by atoms with van der Waals surface area (Å²) in [6, 6.07) is 7.92. The molecule has 0 atom stereocenters. The van der Waals surface area contributed by atoms with Crippen LogP contribution in [0.5, 0.6) is 0 Å². The maximum atomic E-state index is 8.90. The highest BCUT2D eigenvalue weighted by atomic mass is 79.9. The number of nitriles is 1. The van der Waals surface area contributed by atoms with Gasteiger partial charge in [0.05, 0.1) is 11.6 Å². The summed E-state index contributed by atoms with van der Waals surface area (Å²) in [5, 5.41) is 12.5. The zero-order chi connectivity index (χ0) is 14.6. The van der Waals surface area contributed by atoms with Gasteiger partial charge in [-0.25, -0.2) is 0 Å². The van der Waals surface area contributed by atoms with E-state index in [4.69, 9.17) is 5.26 Å². The van der Waals surface area contributed by atoms with Crippen molar-refractivity contribution in [2.24, 2.45) is 11.3 Å². The fraction of sp³-hybridized carbons (Fsp3) is 0.588. The standard InChI is InChI=1S/C17H23BrN2/c1-13(2)10-17(7-3-4-8-17)12-20-16-6-5-14(11-19)9-15(16)18/h5-6,9,13,20H,3-4,7-8,10,12H2,1-2H3. The molecule has 1 aliphatic carbocycles. The van der Waals surface area contributed by atoms with Crippen LogP contribution < -0.4 is 5.32 Å². The van der Waals surface area contributed by atoms with E-state index in [2.05, 4.69) is 41.2 Å². The van der Waals surface area contributed by atoms with Gasteiger partial charge in [0.2, 0.25) is 0 Å². The third-order valence-electron chi connectivity index (χ3n) is 4.26. The van der Waals surface area contributed by atoms with E-state index in [1.165, 1.54) is 32.1 Å². The predicted octanol–water partition coefficient (Wildman–Crippen LogP) is 5.34. The minimum Gasteiger partial charge on any atom is -0.384 e. The molecule has 0 aromatic heterocycles. The molecular weight excluding hydrogens is 312 g/mol. The van der Waals surface area contributed by atoms with Gasteiger partial charge in [-0.2, -0.15) is 5.26 Å². The van der Waals surface area contributed by atoms with Gasteiger partial charge >= 0.3 is 0 Å². The molecule has 1 saturated carbocycles. The number of nitrogens with one attached hydrogen (secondary N) is 1. The van der Waals surface area contributed by atoms with E-state index >= 15 is 0 Å². The molecule has 20 heavy (non-hydrogen) atoms. The first-order valence-electron chi connectivity index (χ1n) is 7.48. The van der Waals surface area contributed by atoms with Crippen LogP contribution in [-0.4, -0.2) is 6.54 Å². The van der Waals surface area contributed by atoms with Crippen LogP contribution in [0.4, 0.5) is 5.69 Å². The summed E-state index contributed by atoms with van der Waals surface area (Å²) < 4.78 is 0.981. The number of rotatable bonds is 5. The Labute approximate surface area is 130 Å². The monoisotopic (exact) mass is 334 g/mol. The molecule has 1 aromatic carbocycles. The highest BCUT2D eigenvalue weighted by Crippen LogP contribution is 2.43. The van der Waals surface area contributed by atoms with Crippen LogP contribution in [0.1, 0.15) is 51.5 Å². The Bertz CT molecular complexity index is 496. The SMILES string of the molecule is CC(C)CC1(CNc2ccc(C#N)cc2Br)CCCC1. The zero-order valence-electron chi connectivity index (χ0n) is 12.4. The Morgan fingerprint density at radius 3 is 2.60 bits per heavy atom. The van der Waals surface area contributed by atoms with Crippen molar-refractivity contribution in [1.29, 1.82) is 5.26 Å². The number of benzene rings is 1.